The molecule has 8 nitrogen and oxygen atoms in total. The van der Waals surface area contributed by atoms with Gasteiger partial charge in [-0.3, -0.25) is 19.4 Å². The molecule has 0 aromatic rings. The number of carboxylic acid groups (broad SMARTS) is 2. The minimum Gasteiger partial charge on any atom is -0.480 e. The van der Waals surface area contributed by atoms with Crippen molar-refractivity contribution in [1.29, 1.82) is 0 Å². The second kappa shape index (κ2) is 9.93. The molecule has 0 aliphatic carbocycles. The van der Waals surface area contributed by atoms with Crippen LogP contribution in [-0.4, -0.2) is 120 Å². The summed E-state index contributed by atoms with van der Waals surface area (Å²) in [6, 6.07) is 0. The quantitative estimate of drug-likeness (QED) is 0.685. The largest absolute Gasteiger partial charge is 0.480 e. The van der Waals surface area contributed by atoms with E-state index < -0.39 is 11.9 Å². The number of nitrogens with zero attached hydrogens (tertiary/aromatic N) is 4. The molecule has 8 heteroatoms. The Kier molecular flexibility index (Phi) is 7.90. The van der Waals surface area contributed by atoms with Crippen LogP contribution < -0.4 is 0 Å². The summed E-state index contributed by atoms with van der Waals surface area (Å²) in [4.78, 5) is 30.9. The monoisotopic (exact) mass is 342 g/mol. The van der Waals surface area contributed by atoms with Gasteiger partial charge in [0, 0.05) is 52.4 Å². The standard InChI is InChI=1S/C16H30N4O4/c21-15(22)13-19-5-1-3-17-7-9-18(10-8-17)4-2-6-20(12-11-19)14-16(23)24/h1-14H2,(H,21,22)(H,23,24). The highest BCUT2D eigenvalue weighted by Gasteiger charge is 2.19. The molecule has 3 aliphatic rings. The molecule has 0 spiro atoms. The first-order valence-electron chi connectivity index (χ1n) is 8.86. The van der Waals surface area contributed by atoms with Gasteiger partial charge in [0.2, 0.25) is 0 Å². The van der Waals surface area contributed by atoms with E-state index in [9.17, 15) is 9.59 Å². The lowest BCUT2D eigenvalue weighted by atomic mass is 10.2. The van der Waals surface area contributed by atoms with E-state index in [1.807, 2.05) is 9.80 Å². The Morgan fingerprint density at radius 2 is 0.958 bits per heavy atom. The third-order valence-corrected chi connectivity index (χ3v) is 4.81. The van der Waals surface area contributed by atoms with Gasteiger partial charge in [-0.25, -0.2) is 0 Å². The number of rotatable bonds is 4. The summed E-state index contributed by atoms with van der Waals surface area (Å²) >= 11 is 0. The van der Waals surface area contributed by atoms with Gasteiger partial charge in [0.05, 0.1) is 13.1 Å². The van der Waals surface area contributed by atoms with Crippen molar-refractivity contribution in [2.45, 2.75) is 12.8 Å². The molecule has 2 N–H and O–H groups in total. The van der Waals surface area contributed by atoms with Crippen LogP contribution in [0.3, 0.4) is 0 Å². The molecule has 3 heterocycles. The van der Waals surface area contributed by atoms with Crippen molar-refractivity contribution in [2.75, 3.05) is 78.5 Å². The summed E-state index contributed by atoms with van der Waals surface area (Å²) in [6.07, 6.45) is 1.90. The average Bonchev–Trinajstić information content (AvgIpc) is 2.52. The van der Waals surface area contributed by atoms with Crippen molar-refractivity contribution < 1.29 is 19.8 Å². The predicted molar refractivity (Wildman–Crippen MR) is 90.3 cm³/mol. The van der Waals surface area contributed by atoms with E-state index in [2.05, 4.69) is 9.80 Å². The van der Waals surface area contributed by atoms with Crippen molar-refractivity contribution >= 4 is 11.9 Å². The Morgan fingerprint density at radius 3 is 1.29 bits per heavy atom. The molecule has 24 heavy (non-hydrogen) atoms. The highest BCUT2D eigenvalue weighted by Crippen LogP contribution is 2.06. The zero-order chi connectivity index (χ0) is 17.4. The normalized spacial score (nSPS) is 28.3. The van der Waals surface area contributed by atoms with Crippen LogP contribution in [0.1, 0.15) is 12.8 Å². The molecule has 0 unspecified atom stereocenters. The molecule has 0 radical (unpaired) electrons. The van der Waals surface area contributed by atoms with Crippen molar-refractivity contribution in [2.24, 2.45) is 0 Å². The second-order valence-corrected chi connectivity index (χ2v) is 6.73. The molecule has 0 aromatic heterocycles. The van der Waals surface area contributed by atoms with Gasteiger partial charge in [0.1, 0.15) is 0 Å². The summed E-state index contributed by atoms with van der Waals surface area (Å²) < 4.78 is 0. The lowest BCUT2D eigenvalue weighted by molar-refractivity contribution is -0.140. The molecule has 138 valence electrons. The Labute approximate surface area is 143 Å². The summed E-state index contributed by atoms with van der Waals surface area (Å²) in [5.74, 6) is -1.65. The Hall–Kier alpha value is -1.22. The molecule has 0 atom stereocenters. The van der Waals surface area contributed by atoms with Crippen LogP contribution >= 0.6 is 0 Å². The first kappa shape index (κ1) is 19.1. The number of carbonyl (C=O) groups is 2. The first-order chi connectivity index (χ1) is 11.5. The Bertz CT molecular complexity index is 375. The zero-order valence-corrected chi connectivity index (χ0v) is 14.4. The van der Waals surface area contributed by atoms with Gasteiger partial charge in [-0.1, -0.05) is 0 Å². The molecule has 0 amide bonds. The summed E-state index contributed by atoms with van der Waals surface area (Å²) in [7, 11) is 0. The van der Waals surface area contributed by atoms with Crippen molar-refractivity contribution in [3.05, 3.63) is 0 Å². The molecule has 0 aromatic carbocycles. The molecular weight excluding hydrogens is 312 g/mol. The van der Waals surface area contributed by atoms with Crippen molar-refractivity contribution in [1.82, 2.24) is 19.6 Å². The van der Waals surface area contributed by atoms with E-state index in [1.54, 1.807) is 0 Å². The molecule has 3 saturated heterocycles. The third-order valence-electron chi connectivity index (χ3n) is 4.81. The number of piperazine rings is 1. The van der Waals surface area contributed by atoms with E-state index >= 15 is 0 Å². The summed E-state index contributed by atoms with van der Waals surface area (Å²) in [6.45, 7) is 9.01. The predicted octanol–water partition coefficient (Wildman–Crippen LogP) is -0.829. The fourth-order valence-electron chi connectivity index (χ4n) is 3.48. The lowest BCUT2D eigenvalue weighted by Crippen LogP contribution is -2.48. The lowest BCUT2D eigenvalue weighted by Gasteiger charge is -2.36. The van der Waals surface area contributed by atoms with E-state index in [1.165, 1.54) is 0 Å². The van der Waals surface area contributed by atoms with E-state index in [-0.39, 0.29) is 13.1 Å². The zero-order valence-electron chi connectivity index (χ0n) is 14.4. The van der Waals surface area contributed by atoms with Crippen LogP contribution in [0.25, 0.3) is 0 Å². The summed E-state index contributed by atoms with van der Waals surface area (Å²) in [5.41, 5.74) is 0. The minimum atomic E-state index is -0.825. The highest BCUT2D eigenvalue weighted by molar-refractivity contribution is 5.69. The minimum absolute atomic E-state index is 0.0225. The second-order valence-electron chi connectivity index (χ2n) is 6.73. The number of fused-ring (bicyclic) bond motifs is 11. The maximum atomic E-state index is 11.1. The molecule has 3 aliphatic heterocycles. The van der Waals surface area contributed by atoms with Gasteiger partial charge in [0.25, 0.3) is 0 Å². The van der Waals surface area contributed by atoms with E-state index in [0.717, 1.165) is 65.2 Å². The summed E-state index contributed by atoms with van der Waals surface area (Å²) in [5, 5.41) is 18.2. The smallest absolute Gasteiger partial charge is 0.317 e. The van der Waals surface area contributed by atoms with Gasteiger partial charge in [-0.05, 0) is 25.9 Å². The van der Waals surface area contributed by atoms with Gasteiger partial charge in [-0.15, -0.1) is 0 Å². The molecule has 2 bridgehead atoms. The van der Waals surface area contributed by atoms with Gasteiger partial charge >= 0.3 is 11.9 Å². The third kappa shape index (κ3) is 7.12. The van der Waals surface area contributed by atoms with Gasteiger partial charge < -0.3 is 20.0 Å². The number of hydrogen-bond acceptors (Lipinski definition) is 6. The Balaban J connectivity index is 1.95. The van der Waals surface area contributed by atoms with Gasteiger partial charge in [-0.2, -0.15) is 0 Å². The fourth-order valence-corrected chi connectivity index (χ4v) is 3.48. The maximum Gasteiger partial charge on any atom is 0.317 e. The van der Waals surface area contributed by atoms with Crippen LogP contribution in [0.15, 0.2) is 0 Å². The molecule has 3 fully saturated rings. The van der Waals surface area contributed by atoms with Crippen LogP contribution in [0.5, 0.6) is 0 Å². The van der Waals surface area contributed by atoms with Gasteiger partial charge in [0.15, 0.2) is 0 Å². The maximum absolute atomic E-state index is 11.1. The highest BCUT2D eigenvalue weighted by atomic mass is 16.4. The van der Waals surface area contributed by atoms with Crippen LogP contribution in [0.4, 0.5) is 0 Å². The van der Waals surface area contributed by atoms with Crippen molar-refractivity contribution in [3.63, 3.8) is 0 Å². The number of aliphatic carboxylic acids is 2. The average molecular weight is 342 g/mol. The van der Waals surface area contributed by atoms with Crippen LogP contribution in [-0.2, 0) is 9.59 Å². The molecular formula is C16H30N4O4. The van der Waals surface area contributed by atoms with Crippen molar-refractivity contribution in [3.8, 4) is 0 Å². The number of carboxylic acids is 2. The van der Waals surface area contributed by atoms with E-state index in [0.29, 0.717) is 13.1 Å². The van der Waals surface area contributed by atoms with Crippen LogP contribution in [0, 0.1) is 0 Å². The fraction of sp³-hybridized carbons (Fsp3) is 0.875. The number of hydrogen-bond donors (Lipinski definition) is 2. The van der Waals surface area contributed by atoms with E-state index in [4.69, 9.17) is 10.2 Å². The first-order valence-corrected chi connectivity index (χ1v) is 8.86. The topological polar surface area (TPSA) is 87.6 Å². The molecule has 3 rings (SSSR count). The molecule has 0 saturated carbocycles. The van der Waals surface area contributed by atoms with Crippen LogP contribution in [0.2, 0.25) is 0 Å². The SMILES string of the molecule is O=C(O)CN1CCCN2CCN(CCCN(CC(=O)O)CC1)CC2. The Morgan fingerprint density at radius 1 is 0.583 bits per heavy atom.